The molecule has 1 aromatic heterocycles. The Labute approximate surface area is 153 Å². The Morgan fingerprint density at radius 2 is 1.96 bits per heavy atom. The predicted molar refractivity (Wildman–Crippen MR) is 92.7 cm³/mol. The molecule has 10 heteroatoms. The maximum absolute atomic E-state index is 11.0. The number of ether oxygens (including phenoxy) is 1. The highest BCUT2D eigenvalue weighted by atomic mass is 35.5. The lowest BCUT2D eigenvalue weighted by Gasteiger charge is -2.42. The fraction of sp³-hybridized carbons (Fsp3) is 0.533. The lowest BCUT2D eigenvalue weighted by molar-refractivity contribution is -0.179. The SMILES string of the molecule is CC(C)N(c1nc2cc(Cl)c(Cl)cc2[nH]1)[C@@]1(O)C(O)O[C@H](CO)[C@H]1O. The van der Waals surface area contributed by atoms with E-state index in [1.54, 1.807) is 26.0 Å². The number of hydrogen-bond donors (Lipinski definition) is 5. The van der Waals surface area contributed by atoms with Crippen molar-refractivity contribution < 1.29 is 25.2 Å². The molecule has 0 radical (unpaired) electrons. The topological polar surface area (TPSA) is 122 Å². The van der Waals surface area contributed by atoms with Gasteiger partial charge < -0.3 is 35.0 Å². The first-order valence-corrected chi connectivity index (χ1v) is 8.44. The van der Waals surface area contributed by atoms with Gasteiger partial charge in [-0.3, -0.25) is 0 Å². The van der Waals surface area contributed by atoms with Crippen LogP contribution >= 0.6 is 23.2 Å². The van der Waals surface area contributed by atoms with Gasteiger partial charge in [-0.15, -0.1) is 0 Å². The van der Waals surface area contributed by atoms with Crippen LogP contribution in [0.1, 0.15) is 13.8 Å². The molecule has 3 rings (SSSR count). The monoisotopic (exact) mass is 391 g/mol. The first-order chi connectivity index (χ1) is 11.7. The lowest BCUT2D eigenvalue weighted by atomic mass is 10.0. The number of aliphatic hydroxyl groups excluding tert-OH is 3. The van der Waals surface area contributed by atoms with E-state index in [2.05, 4.69) is 9.97 Å². The number of rotatable bonds is 4. The number of anilines is 1. The second-order valence-electron chi connectivity index (χ2n) is 6.24. The van der Waals surface area contributed by atoms with Crippen LogP contribution in [0.15, 0.2) is 12.1 Å². The zero-order valence-electron chi connectivity index (χ0n) is 13.5. The van der Waals surface area contributed by atoms with Crippen LogP contribution in [0, 0.1) is 0 Å². The highest BCUT2D eigenvalue weighted by Gasteiger charge is 2.59. The number of fused-ring (bicyclic) bond motifs is 1. The minimum Gasteiger partial charge on any atom is -0.394 e. The molecule has 1 saturated heterocycles. The molecular formula is C15H19Cl2N3O5. The van der Waals surface area contributed by atoms with Crippen LogP contribution in [-0.2, 0) is 4.74 Å². The number of aromatic amines is 1. The van der Waals surface area contributed by atoms with Gasteiger partial charge in [-0.2, -0.15) is 0 Å². The molecule has 2 heterocycles. The second-order valence-corrected chi connectivity index (χ2v) is 7.06. The van der Waals surface area contributed by atoms with Crippen molar-refractivity contribution in [3.63, 3.8) is 0 Å². The number of benzene rings is 1. The van der Waals surface area contributed by atoms with Gasteiger partial charge in [0.15, 0.2) is 0 Å². The van der Waals surface area contributed by atoms with Gasteiger partial charge >= 0.3 is 0 Å². The predicted octanol–water partition coefficient (Wildman–Crippen LogP) is 0.843. The van der Waals surface area contributed by atoms with Crippen molar-refractivity contribution >= 4 is 40.2 Å². The molecule has 0 amide bonds. The normalized spacial score (nSPS) is 29.7. The first-order valence-electron chi connectivity index (χ1n) is 7.69. The van der Waals surface area contributed by atoms with E-state index in [1.807, 2.05) is 0 Å². The fourth-order valence-corrected chi connectivity index (χ4v) is 3.42. The van der Waals surface area contributed by atoms with Gasteiger partial charge in [-0.1, -0.05) is 23.2 Å². The Morgan fingerprint density at radius 3 is 2.52 bits per heavy atom. The molecule has 2 aromatic rings. The molecule has 1 unspecified atom stereocenters. The van der Waals surface area contributed by atoms with Gasteiger partial charge in [-0.05, 0) is 26.0 Å². The molecule has 4 atom stereocenters. The maximum atomic E-state index is 11.0. The summed E-state index contributed by atoms with van der Waals surface area (Å²) in [6.45, 7) is 2.94. The van der Waals surface area contributed by atoms with Gasteiger partial charge in [0.05, 0.1) is 27.7 Å². The zero-order valence-corrected chi connectivity index (χ0v) is 15.0. The lowest BCUT2D eigenvalue weighted by Crippen LogP contribution is -2.64. The van der Waals surface area contributed by atoms with E-state index in [0.29, 0.717) is 21.1 Å². The van der Waals surface area contributed by atoms with E-state index in [9.17, 15) is 20.4 Å². The number of nitrogens with zero attached hydrogens (tertiary/aromatic N) is 2. The molecule has 5 N–H and O–H groups in total. The van der Waals surface area contributed by atoms with Crippen LogP contribution in [0.2, 0.25) is 10.0 Å². The van der Waals surface area contributed by atoms with E-state index in [1.165, 1.54) is 4.90 Å². The van der Waals surface area contributed by atoms with Crippen LogP contribution in [0.4, 0.5) is 5.95 Å². The molecular weight excluding hydrogens is 373 g/mol. The number of imidazole rings is 1. The largest absolute Gasteiger partial charge is 0.394 e. The average molecular weight is 392 g/mol. The highest BCUT2D eigenvalue weighted by Crippen LogP contribution is 2.38. The molecule has 1 aliphatic heterocycles. The second kappa shape index (κ2) is 6.55. The van der Waals surface area contributed by atoms with Crippen molar-refractivity contribution in [2.75, 3.05) is 11.5 Å². The Balaban J connectivity index is 2.10. The molecule has 1 aromatic carbocycles. The summed E-state index contributed by atoms with van der Waals surface area (Å²) in [4.78, 5) is 8.67. The number of aliphatic hydroxyl groups is 4. The average Bonchev–Trinajstić information content (AvgIpc) is 3.02. The summed E-state index contributed by atoms with van der Waals surface area (Å²) in [5, 5.41) is 41.6. The van der Waals surface area contributed by atoms with Gasteiger partial charge in [0.1, 0.15) is 12.2 Å². The molecule has 1 aliphatic rings. The molecule has 0 spiro atoms. The third kappa shape index (κ3) is 2.87. The van der Waals surface area contributed by atoms with Crippen molar-refractivity contribution in [1.82, 2.24) is 9.97 Å². The summed E-state index contributed by atoms with van der Waals surface area (Å²) in [7, 11) is 0. The van der Waals surface area contributed by atoms with E-state index >= 15 is 0 Å². The van der Waals surface area contributed by atoms with E-state index < -0.39 is 30.8 Å². The Kier molecular flexibility index (Phi) is 4.89. The summed E-state index contributed by atoms with van der Waals surface area (Å²) in [6, 6.07) is 2.77. The van der Waals surface area contributed by atoms with Crippen LogP contribution < -0.4 is 4.90 Å². The molecule has 25 heavy (non-hydrogen) atoms. The summed E-state index contributed by atoms with van der Waals surface area (Å²) >= 11 is 12.0. The van der Waals surface area contributed by atoms with Crippen molar-refractivity contribution in [3.8, 4) is 0 Å². The summed E-state index contributed by atoms with van der Waals surface area (Å²) in [5.74, 6) is 0.186. The third-order valence-corrected chi connectivity index (χ3v) is 5.00. The van der Waals surface area contributed by atoms with Crippen molar-refractivity contribution in [3.05, 3.63) is 22.2 Å². The molecule has 8 nitrogen and oxygen atoms in total. The van der Waals surface area contributed by atoms with Gasteiger partial charge in [0.2, 0.25) is 18.0 Å². The number of nitrogens with one attached hydrogen (secondary N) is 1. The number of aromatic nitrogens is 2. The minimum atomic E-state index is -2.21. The van der Waals surface area contributed by atoms with Crippen molar-refractivity contribution in [2.45, 2.75) is 44.1 Å². The van der Waals surface area contributed by atoms with Crippen molar-refractivity contribution in [1.29, 1.82) is 0 Å². The van der Waals surface area contributed by atoms with Crippen LogP contribution in [0.3, 0.4) is 0 Å². The molecule has 0 aliphatic carbocycles. The minimum absolute atomic E-state index is 0.186. The third-order valence-electron chi connectivity index (χ3n) is 4.28. The number of halogens is 2. The summed E-state index contributed by atoms with van der Waals surface area (Å²) in [6.07, 6.45) is -4.44. The highest BCUT2D eigenvalue weighted by molar-refractivity contribution is 6.42. The summed E-state index contributed by atoms with van der Waals surface area (Å²) < 4.78 is 5.08. The molecule has 1 fully saturated rings. The molecule has 138 valence electrons. The molecule has 0 bridgehead atoms. The number of H-pyrrole nitrogens is 1. The van der Waals surface area contributed by atoms with Crippen LogP contribution in [0.25, 0.3) is 11.0 Å². The van der Waals surface area contributed by atoms with E-state index in [4.69, 9.17) is 27.9 Å². The van der Waals surface area contributed by atoms with E-state index in [0.717, 1.165) is 0 Å². The Bertz CT molecular complexity index is 747. The quantitative estimate of drug-likeness (QED) is 0.489. The fourth-order valence-electron chi connectivity index (χ4n) is 3.10. The maximum Gasteiger partial charge on any atom is 0.221 e. The van der Waals surface area contributed by atoms with E-state index in [-0.39, 0.29) is 12.0 Å². The van der Waals surface area contributed by atoms with Gasteiger partial charge in [-0.25, -0.2) is 4.98 Å². The standard InChI is InChI=1S/C15H19Cl2N3O5/c1-6(2)20(15(24)12(22)11(5-21)25-13(15)23)14-18-9-3-7(16)8(17)4-10(9)19-14/h3-4,6,11-13,21-24H,5H2,1-2H3,(H,18,19)/t11-,12-,13?,15+/m1/s1. The number of hydrogen-bond acceptors (Lipinski definition) is 7. The zero-order chi connectivity index (χ0) is 18.5. The van der Waals surface area contributed by atoms with Gasteiger partial charge in [0.25, 0.3) is 0 Å². The van der Waals surface area contributed by atoms with Crippen molar-refractivity contribution in [2.24, 2.45) is 0 Å². The Morgan fingerprint density at radius 1 is 1.32 bits per heavy atom. The van der Waals surface area contributed by atoms with Gasteiger partial charge in [0, 0.05) is 6.04 Å². The smallest absolute Gasteiger partial charge is 0.221 e. The van der Waals surface area contributed by atoms with Crippen LogP contribution in [-0.4, -0.2) is 67.3 Å². The molecule has 0 saturated carbocycles. The summed E-state index contributed by atoms with van der Waals surface area (Å²) in [5.41, 5.74) is -1.14. The Hall–Kier alpha value is -1.13. The van der Waals surface area contributed by atoms with Crippen LogP contribution in [0.5, 0.6) is 0 Å². The first kappa shape index (κ1) is 18.7.